The Morgan fingerprint density at radius 1 is 1.14 bits per heavy atom. The summed E-state index contributed by atoms with van der Waals surface area (Å²) in [5.41, 5.74) is -0.616. The van der Waals surface area contributed by atoms with E-state index in [1.54, 1.807) is 4.90 Å². The van der Waals surface area contributed by atoms with Gasteiger partial charge in [-0.25, -0.2) is 0 Å². The van der Waals surface area contributed by atoms with Crippen molar-refractivity contribution in [1.82, 2.24) is 9.80 Å². The van der Waals surface area contributed by atoms with Crippen molar-refractivity contribution in [2.45, 2.75) is 58.7 Å². The fraction of sp³-hybridized carbons (Fsp3) is 0.867. The highest BCUT2D eigenvalue weighted by Crippen LogP contribution is 2.21. The summed E-state index contributed by atoms with van der Waals surface area (Å²) in [6, 6.07) is -0.669. The fourth-order valence-corrected chi connectivity index (χ4v) is 2.39. The maximum atomic E-state index is 12.2. The van der Waals surface area contributed by atoms with E-state index in [1.165, 1.54) is 0 Å². The molecule has 1 N–H and O–H groups in total. The third kappa shape index (κ3) is 5.28. The van der Waals surface area contributed by atoms with Crippen LogP contribution in [0.2, 0.25) is 0 Å². The molecule has 0 bridgehead atoms. The normalized spacial score (nSPS) is 21.4. The number of hydrogen-bond donors (Lipinski definition) is 1. The maximum absolute atomic E-state index is 12.2. The molecule has 1 atom stereocenters. The molecule has 1 aliphatic heterocycles. The van der Waals surface area contributed by atoms with Crippen LogP contribution in [0.3, 0.4) is 0 Å². The summed E-state index contributed by atoms with van der Waals surface area (Å²) in [7, 11) is 0. The Morgan fingerprint density at radius 3 is 2.14 bits per heavy atom. The first-order chi connectivity index (χ1) is 9.42. The van der Waals surface area contributed by atoms with Crippen molar-refractivity contribution < 1.29 is 19.4 Å². The first kappa shape index (κ1) is 17.9. The Balaban J connectivity index is 2.70. The summed E-state index contributed by atoms with van der Waals surface area (Å²) in [6.07, 6.45) is 0. The molecule has 1 amide bonds. The van der Waals surface area contributed by atoms with Crippen LogP contribution in [0.4, 0.5) is 0 Å². The van der Waals surface area contributed by atoms with Gasteiger partial charge < -0.3 is 14.7 Å². The summed E-state index contributed by atoms with van der Waals surface area (Å²) in [4.78, 5) is 27.2. The minimum absolute atomic E-state index is 0.00857. The SMILES string of the molecule is CC(C)(C)OCC(=O)N1CCN(C(C)(C)C)C(C(=O)O)C1. The van der Waals surface area contributed by atoms with Crippen molar-refractivity contribution >= 4 is 11.9 Å². The number of ether oxygens (including phenoxy) is 1. The van der Waals surface area contributed by atoms with Gasteiger partial charge in [-0.2, -0.15) is 0 Å². The number of rotatable bonds is 3. The molecule has 6 heteroatoms. The van der Waals surface area contributed by atoms with E-state index in [0.29, 0.717) is 13.1 Å². The first-order valence-corrected chi connectivity index (χ1v) is 7.33. The molecular weight excluding hydrogens is 272 g/mol. The lowest BCUT2D eigenvalue weighted by atomic mass is 10.00. The number of amides is 1. The summed E-state index contributed by atoms with van der Waals surface area (Å²) in [5, 5.41) is 9.42. The molecule has 0 spiro atoms. The molecule has 21 heavy (non-hydrogen) atoms. The molecular formula is C15H28N2O4. The number of carbonyl (C=O) groups is 2. The number of carboxylic acids is 1. The minimum atomic E-state index is -0.890. The van der Waals surface area contributed by atoms with Gasteiger partial charge in [0.25, 0.3) is 0 Å². The van der Waals surface area contributed by atoms with Gasteiger partial charge in [0.05, 0.1) is 5.60 Å². The van der Waals surface area contributed by atoms with Gasteiger partial charge in [-0.3, -0.25) is 14.5 Å². The molecule has 0 aromatic carbocycles. The van der Waals surface area contributed by atoms with Gasteiger partial charge in [0.15, 0.2) is 0 Å². The van der Waals surface area contributed by atoms with E-state index in [4.69, 9.17) is 4.74 Å². The summed E-state index contributed by atoms with van der Waals surface area (Å²) < 4.78 is 5.48. The topological polar surface area (TPSA) is 70.1 Å². The van der Waals surface area contributed by atoms with Crippen molar-refractivity contribution in [3.8, 4) is 0 Å². The zero-order valence-corrected chi connectivity index (χ0v) is 14.0. The van der Waals surface area contributed by atoms with E-state index in [1.807, 2.05) is 46.4 Å². The number of carbonyl (C=O) groups excluding carboxylic acids is 1. The molecule has 1 rings (SSSR count). The summed E-state index contributed by atoms with van der Waals surface area (Å²) >= 11 is 0. The molecule has 122 valence electrons. The zero-order valence-electron chi connectivity index (χ0n) is 14.0. The smallest absolute Gasteiger partial charge is 0.322 e. The van der Waals surface area contributed by atoms with E-state index in [9.17, 15) is 14.7 Å². The van der Waals surface area contributed by atoms with E-state index < -0.39 is 12.0 Å². The second kappa shape index (κ2) is 6.32. The van der Waals surface area contributed by atoms with Crippen LogP contribution in [0.15, 0.2) is 0 Å². The Bertz CT molecular complexity index is 395. The highest BCUT2D eigenvalue weighted by molar-refractivity contribution is 5.80. The van der Waals surface area contributed by atoms with Gasteiger partial charge in [-0.1, -0.05) is 0 Å². The predicted octanol–water partition coefficient (Wildman–Crippen LogP) is 1.20. The van der Waals surface area contributed by atoms with Crippen LogP contribution in [0, 0.1) is 0 Å². The Morgan fingerprint density at radius 2 is 1.71 bits per heavy atom. The number of piperazine rings is 1. The zero-order chi connectivity index (χ0) is 16.4. The van der Waals surface area contributed by atoms with Gasteiger partial charge in [-0.05, 0) is 41.5 Å². The third-order valence-corrected chi connectivity index (χ3v) is 3.51. The van der Waals surface area contributed by atoms with Gasteiger partial charge in [0, 0.05) is 25.2 Å². The monoisotopic (exact) mass is 300 g/mol. The van der Waals surface area contributed by atoms with Crippen LogP contribution in [0.1, 0.15) is 41.5 Å². The molecule has 0 radical (unpaired) electrons. The lowest BCUT2D eigenvalue weighted by molar-refractivity contribution is -0.155. The molecule has 1 fully saturated rings. The lowest BCUT2D eigenvalue weighted by Gasteiger charge is -2.46. The standard InChI is InChI=1S/C15H28N2O4/c1-14(2,3)17-8-7-16(9-11(17)13(19)20)12(18)10-21-15(4,5)6/h11H,7-10H2,1-6H3,(H,19,20). The van der Waals surface area contributed by atoms with E-state index in [-0.39, 0.29) is 30.2 Å². The average Bonchev–Trinajstić information content (AvgIpc) is 2.33. The van der Waals surface area contributed by atoms with Gasteiger partial charge >= 0.3 is 5.97 Å². The molecule has 1 saturated heterocycles. The second-order valence-electron chi connectivity index (χ2n) is 7.46. The second-order valence-corrected chi connectivity index (χ2v) is 7.46. The molecule has 1 aliphatic rings. The molecule has 1 unspecified atom stereocenters. The molecule has 0 aromatic rings. The number of carboxylic acid groups (broad SMARTS) is 1. The predicted molar refractivity (Wildman–Crippen MR) is 80.2 cm³/mol. The quantitative estimate of drug-likeness (QED) is 0.848. The van der Waals surface area contributed by atoms with E-state index in [0.717, 1.165) is 0 Å². The number of hydrogen-bond acceptors (Lipinski definition) is 4. The van der Waals surface area contributed by atoms with Crippen molar-refractivity contribution in [2.75, 3.05) is 26.2 Å². The molecule has 1 heterocycles. The van der Waals surface area contributed by atoms with E-state index >= 15 is 0 Å². The minimum Gasteiger partial charge on any atom is -0.480 e. The van der Waals surface area contributed by atoms with Crippen molar-refractivity contribution in [3.63, 3.8) is 0 Å². The third-order valence-electron chi connectivity index (χ3n) is 3.51. The molecule has 6 nitrogen and oxygen atoms in total. The van der Waals surface area contributed by atoms with Gasteiger partial charge in [0.2, 0.25) is 5.91 Å². The van der Waals surface area contributed by atoms with Crippen LogP contribution in [-0.4, -0.2) is 70.2 Å². The van der Waals surface area contributed by atoms with Gasteiger partial charge in [0.1, 0.15) is 12.6 Å². The van der Waals surface area contributed by atoms with Crippen LogP contribution >= 0.6 is 0 Å². The Kier molecular flexibility index (Phi) is 5.39. The Hall–Kier alpha value is -1.14. The van der Waals surface area contributed by atoms with E-state index in [2.05, 4.69) is 0 Å². The molecule has 0 aliphatic carbocycles. The maximum Gasteiger partial charge on any atom is 0.322 e. The van der Waals surface area contributed by atoms with Crippen molar-refractivity contribution in [1.29, 1.82) is 0 Å². The Labute approximate surface area is 127 Å². The van der Waals surface area contributed by atoms with Crippen LogP contribution in [0.25, 0.3) is 0 Å². The average molecular weight is 300 g/mol. The van der Waals surface area contributed by atoms with Crippen LogP contribution in [0.5, 0.6) is 0 Å². The lowest BCUT2D eigenvalue weighted by Crippen LogP contribution is -2.63. The first-order valence-electron chi connectivity index (χ1n) is 7.33. The summed E-state index contributed by atoms with van der Waals surface area (Å²) in [6.45, 7) is 12.9. The number of nitrogens with zero attached hydrogens (tertiary/aromatic N) is 2. The van der Waals surface area contributed by atoms with Crippen LogP contribution in [-0.2, 0) is 14.3 Å². The highest BCUT2D eigenvalue weighted by atomic mass is 16.5. The summed E-state index contributed by atoms with van der Waals surface area (Å²) in [5.74, 6) is -1.04. The fourth-order valence-electron chi connectivity index (χ4n) is 2.39. The number of aliphatic carboxylic acids is 1. The highest BCUT2D eigenvalue weighted by Gasteiger charge is 2.39. The van der Waals surface area contributed by atoms with Crippen LogP contribution < -0.4 is 0 Å². The molecule has 0 saturated carbocycles. The van der Waals surface area contributed by atoms with Gasteiger partial charge in [-0.15, -0.1) is 0 Å². The molecule has 0 aromatic heterocycles. The van der Waals surface area contributed by atoms with Crippen molar-refractivity contribution in [2.24, 2.45) is 0 Å². The van der Waals surface area contributed by atoms with Crippen molar-refractivity contribution in [3.05, 3.63) is 0 Å². The largest absolute Gasteiger partial charge is 0.480 e.